The van der Waals surface area contributed by atoms with Crippen molar-refractivity contribution in [3.63, 3.8) is 0 Å². The molecule has 0 radical (unpaired) electrons. The molecule has 2 atom stereocenters. The van der Waals surface area contributed by atoms with Crippen LogP contribution in [0.2, 0.25) is 0 Å². The topological polar surface area (TPSA) is 24.4 Å². The van der Waals surface area contributed by atoms with Gasteiger partial charge >= 0.3 is 0 Å². The van der Waals surface area contributed by atoms with E-state index in [9.17, 15) is 0 Å². The molecule has 0 aliphatic carbocycles. The van der Waals surface area contributed by atoms with Crippen LogP contribution in [0.15, 0.2) is 65.7 Å². The van der Waals surface area contributed by atoms with E-state index < -0.39 is 0 Å². The van der Waals surface area contributed by atoms with Gasteiger partial charge in [0.2, 0.25) is 0 Å². The smallest absolute Gasteiger partial charge is 0.157 e. The second kappa shape index (κ2) is 9.41. The fraction of sp³-hybridized carbons (Fsp3) is 0.350. The molecule has 2 rings (SSSR count). The molecule has 2 aromatic carbocycles. The number of amidine groups is 1. The highest BCUT2D eigenvalue weighted by Crippen LogP contribution is 2.20. The van der Waals surface area contributed by atoms with Crippen molar-refractivity contribution >= 4 is 16.9 Å². The summed E-state index contributed by atoms with van der Waals surface area (Å²) in [5.41, 5.74) is 2.53. The summed E-state index contributed by atoms with van der Waals surface area (Å²) in [4.78, 5) is 4.92. The summed E-state index contributed by atoms with van der Waals surface area (Å²) in [6, 6.07) is 21.4. The van der Waals surface area contributed by atoms with Crippen molar-refractivity contribution < 1.29 is 0 Å². The van der Waals surface area contributed by atoms with Crippen molar-refractivity contribution in [3.8, 4) is 0 Å². The third-order valence-corrected chi connectivity index (χ3v) is 4.78. The molecule has 23 heavy (non-hydrogen) atoms. The number of nitrogens with zero attached hydrogens (tertiary/aromatic N) is 1. The molecule has 0 aromatic heterocycles. The van der Waals surface area contributed by atoms with Gasteiger partial charge in [-0.15, -0.1) is 0 Å². The van der Waals surface area contributed by atoms with Crippen LogP contribution in [-0.4, -0.2) is 10.9 Å². The van der Waals surface area contributed by atoms with Crippen LogP contribution < -0.4 is 5.32 Å². The lowest BCUT2D eigenvalue weighted by molar-refractivity contribution is 0.711. The Labute approximate surface area is 144 Å². The molecule has 2 nitrogen and oxygen atoms in total. The highest BCUT2D eigenvalue weighted by atomic mass is 32.2. The van der Waals surface area contributed by atoms with Gasteiger partial charge in [0.25, 0.3) is 0 Å². The molecule has 0 aliphatic heterocycles. The Bertz CT molecular complexity index is 596. The molecule has 0 heterocycles. The lowest BCUT2D eigenvalue weighted by atomic mass is 10.1. The van der Waals surface area contributed by atoms with E-state index in [4.69, 9.17) is 4.99 Å². The number of benzene rings is 2. The molecular formula is C20H26N2S. The van der Waals surface area contributed by atoms with Crippen LogP contribution in [0.3, 0.4) is 0 Å². The quantitative estimate of drug-likeness (QED) is 0.552. The van der Waals surface area contributed by atoms with Gasteiger partial charge in [0.05, 0.1) is 12.1 Å². The van der Waals surface area contributed by atoms with Crippen LogP contribution in [0.5, 0.6) is 0 Å². The van der Waals surface area contributed by atoms with Crippen molar-refractivity contribution in [3.05, 3.63) is 71.8 Å². The Morgan fingerprint density at radius 3 is 2.09 bits per heavy atom. The number of rotatable bonds is 6. The summed E-state index contributed by atoms with van der Waals surface area (Å²) in [5, 5.41) is 4.61. The fourth-order valence-electron chi connectivity index (χ4n) is 2.31. The molecule has 0 aliphatic rings. The Balaban J connectivity index is 2.11. The third kappa shape index (κ3) is 5.76. The van der Waals surface area contributed by atoms with Crippen LogP contribution in [-0.2, 0) is 0 Å². The van der Waals surface area contributed by atoms with Crippen molar-refractivity contribution in [2.75, 3.05) is 5.75 Å². The summed E-state index contributed by atoms with van der Waals surface area (Å²) < 4.78 is 0. The molecule has 1 N–H and O–H groups in total. The Kier molecular flexibility index (Phi) is 7.21. The zero-order valence-electron chi connectivity index (χ0n) is 14.2. The van der Waals surface area contributed by atoms with Gasteiger partial charge in [0, 0.05) is 5.75 Å². The Morgan fingerprint density at radius 1 is 0.957 bits per heavy atom. The summed E-state index contributed by atoms with van der Waals surface area (Å²) in [6.45, 7) is 6.53. The minimum atomic E-state index is 0.158. The lowest BCUT2D eigenvalue weighted by Crippen LogP contribution is -2.25. The van der Waals surface area contributed by atoms with E-state index in [1.807, 2.05) is 6.07 Å². The van der Waals surface area contributed by atoms with Gasteiger partial charge in [0.1, 0.15) is 0 Å². The average Bonchev–Trinajstić information content (AvgIpc) is 2.61. The third-order valence-electron chi connectivity index (χ3n) is 3.68. The summed E-state index contributed by atoms with van der Waals surface area (Å²) in [5.74, 6) is 1.08. The van der Waals surface area contributed by atoms with Gasteiger partial charge in [-0.1, -0.05) is 79.3 Å². The van der Waals surface area contributed by atoms with Crippen molar-refractivity contribution in [2.24, 2.45) is 4.99 Å². The lowest BCUT2D eigenvalue weighted by Gasteiger charge is -2.18. The molecule has 0 saturated heterocycles. The number of nitrogens with one attached hydrogen (secondary N) is 1. The highest BCUT2D eigenvalue weighted by Gasteiger charge is 2.10. The van der Waals surface area contributed by atoms with Gasteiger partial charge in [-0.2, -0.15) is 0 Å². The van der Waals surface area contributed by atoms with Gasteiger partial charge < -0.3 is 5.32 Å². The van der Waals surface area contributed by atoms with Crippen molar-refractivity contribution in [2.45, 2.75) is 39.3 Å². The minimum Gasteiger partial charge on any atom is -0.358 e. The fourth-order valence-corrected chi connectivity index (χ4v) is 3.20. The molecule has 3 heteroatoms. The molecule has 0 bridgehead atoms. The van der Waals surface area contributed by atoms with Gasteiger partial charge in [-0.05, 0) is 31.4 Å². The van der Waals surface area contributed by atoms with Crippen molar-refractivity contribution in [1.82, 2.24) is 5.32 Å². The van der Waals surface area contributed by atoms with Gasteiger partial charge in [0.15, 0.2) is 5.17 Å². The molecule has 0 unspecified atom stereocenters. The molecule has 122 valence electrons. The maximum Gasteiger partial charge on any atom is 0.157 e. The van der Waals surface area contributed by atoms with Crippen LogP contribution in [0.25, 0.3) is 0 Å². The Hall–Kier alpha value is -1.74. The summed E-state index contributed by atoms with van der Waals surface area (Å²) in [7, 11) is 0. The number of aliphatic imine (C=N–C) groups is 1. The molecule has 0 spiro atoms. The predicted octanol–water partition coefficient (Wildman–Crippen LogP) is 5.60. The van der Waals surface area contributed by atoms with Crippen LogP contribution in [0.4, 0.5) is 0 Å². The molecule has 0 fully saturated rings. The van der Waals surface area contributed by atoms with E-state index in [1.165, 1.54) is 11.1 Å². The zero-order valence-corrected chi connectivity index (χ0v) is 15.0. The summed E-state index contributed by atoms with van der Waals surface area (Å²) in [6.07, 6.45) is 1.14. The maximum absolute atomic E-state index is 4.92. The molecule has 2 aromatic rings. The number of thioether (sulfide) groups is 1. The first-order valence-electron chi connectivity index (χ1n) is 8.27. The van der Waals surface area contributed by atoms with E-state index in [2.05, 4.69) is 80.7 Å². The first kappa shape index (κ1) is 17.6. The average molecular weight is 327 g/mol. The van der Waals surface area contributed by atoms with E-state index in [1.54, 1.807) is 11.8 Å². The normalized spacial score (nSPS) is 14.3. The Morgan fingerprint density at radius 2 is 1.52 bits per heavy atom. The van der Waals surface area contributed by atoms with E-state index in [0.717, 1.165) is 17.3 Å². The first-order valence-corrected chi connectivity index (χ1v) is 9.26. The first-order chi connectivity index (χ1) is 11.2. The minimum absolute atomic E-state index is 0.158. The van der Waals surface area contributed by atoms with Gasteiger partial charge in [-0.3, -0.25) is 4.99 Å². The standard InChI is InChI=1S/C20H26N2S/c1-4-15-23-20(21-16(2)18-11-7-5-8-12-18)22-17(3)19-13-9-6-10-14-19/h5-14,16-17H,4,15H2,1-3H3,(H,21,22)/t16-,17-/m0/s1. The van der Waals surface area contributed by atoms with Crippen LogP contribution in [0.1, 0.15) is 50.4 Å². The molecule has 0 amide bonds. The molecule has 0 saturated carbocycles. The second-order valence-corrected chi connectivity index (χ2v) is 6.73. The van der Waals surface area contributed by atoms with Gasteiger partial charge in [-0.25, -0.2) is 0 Å². The summed E-state index contributed by atoms with van der Waals surface area (Å²) >= 11 is 1.81. The monoisotopic (exact) mass is 326 g/mol. The van der Waals surface area contributed by atoms with E-state index >= 15 is 0 Å². The van der Waals surface area contributed by atoms with Crippen LogP contribution >= 0.6 is 11.8 Å². The van der Waals surface area contributed by atoms with Crippen molar-refractivity contribution in [1.29, 1.82) is 0 Å². The molecular weight excluding hydrogens is 300 g/mol. The van der Waals surface area contributed by atoms with E-state index in [0.29, 0.717) is 0 Å². The largest absolute Gasteiger partial charge is 0.358 e. The predicted molar refractivity (Wildman–Crippen MR) is 103 cm³/mol. The highest BCUT2D eigenvalue weighted by molar-refractivity contribution is 8.13. The number of hydrogen-bond donors (Lipinski definition) is 1. The second-order valence-electron chi connectivity index (χ2n) is 5.65. The number of hydrogen-bond acceptors (Lipinski definition) is 2. The SMILES string of the molecule is CCCSC(=N[C@@H](C)c1ccccc1)N[C@@H](C)c1ccccc1. The van der Waals surface area contributed by atoms with E-state index in [-0.39, 0.29) is 12.1 Å². The maximum atomic E-state index is 4.92. The van der Waals surface area contributed by atoms with Crippen LogP contribution in [0, 0.1) is 0 Å². The zero-order chi connectivity index (χ0) is 16.5.